The van der Waals surface area contributed by atoms with E-state index >= 15 is 0 Å². The highest BCUT2D eigenvalue weighted by Crippen LogP contribution is 2.40. The summed E-state index contributed by atoms with van der Waals surface area (Å²) >= 11 is 0. The Labute approximate surface area is 156 Å². The maximum Gasteiger partial charge on any atom is -0.00150 e. The third-order valence-corrected chi connectivity index (χ3v) is 5.35. The first kappa shape index (κ1) is 16.6. The molecule has 0 fully saturated rings. The second-order valence-corrected chi connectivity index (χ2v) is 6.97. The lowest BCUT2D eigenvalue weighted by Crippen LogP contribution is -2.09. The summed E-state index contributed by atoms with van der Waals surface area (Å²) in [6.45, 7) is 3.77. The average Bonchev–Trinajstić information content (AvgIpc) is 2.72. The van der Waals surface area contributed by atoms with E-state index in [1.165, 1.54) is 53.5 Å². The molecule has 0 atom stereocenters. The minimum absolute atomic E-state index is 0.876. The highest BCUT2D eigenvalue weighted by Gasteiger charge is 2.21. The molecule has 0 unspecified atom stereocenters. The van der Waals surface area contributed by atoms with Crippen LogP contribution < -0.4 is 0 Å². The average molecular weight is 336 g/mol. The van der Waals surface area contributed by atoms with Crippen molar-refractivity contribution in [2.75, 3.05) is 0 Å². The van der Waals surface area contributed by atoms with Crippen LogP contribution >= 0.6 is 0 Å². The number of rotatable bonds is 4. The molecule has 3 aromatic carbocycles. The van der Waals surface area contributed by atoms with Gasteiger partial charge < -0.3 is 0 Å². The van der Waals surface area contributed by atoms with E-state index in [0.29, 0.717) is 0 Å². The van der Waals surface area contributed by atoms with Crippen LogP contribution in [0.15, 0.2) is 85.1 Å². The summed E-state index contributed by atoms with van der Waals surface area (Å²) in [6.07, 6.45) is 7.84. The van der Waals surface area contributed by atoms with E-state index in [1.54, 1.807) is 11.1 Å². The molecule has 0 aliphatic heterocycles. The van der Waals surface area contributed by atoms with Gasteiger partial charge in [-0.3, -0.25) is 0 Å². The maximum absolute atomic E-state index is 3.77. The molecule has 0 heteroatoms. The fraction of sp³-hybridized carbons (Fsp3) is 0.192. The fourth-order valence-corrected chi connectivity index (χ4v) is 4.19. The predicted octanol–water partition coefficient (Wildman–Crippen LogP) is 6.78. The van der Waals surface area contributed by atoms with Crippen LogP contribution in [0.5, 0.6) is 0 Å². The first-order chi connectivity index (χ1) is 12.9. The Morgan fingerprint density at radius 1 is 0.808 bits per heavy atom. The van der Waals surface area contributed by atoms with Crippen molar-refractivity contribution in [1.29, 1.82) is 0 Å². The summed E-state index contributed by atoms with van der Waals surface area (Å²) in [5.74, 6) is 0. The Morgan fingerprint density at radius 3 is 2.08 bits per heavy atom. The first-order valence-corrected chi connectivity index (χ1v) is 9.51. The molecule has 4 rings (SSSR count). The third kappa shape index (κ3) is 3.17. The standard InChI is InChI=1S/C26H24/c1-2-3-12-22-19-25(20-13-6-4-7-14-20)23-17-10-11-18-24(23)26(22)21-15-8-5-9-16-21/h3-9,13-16,19H,1,10-12,17-18H2. The monoisotopic (exact) mass is 336 g/mol. The zero-order valence-corrected chi connectivity index (χ0v) is 15.2. The van der Waals surface area contributed by atoms with Gasteiger partial charge in [-0.2, -0.15) is 0 Å². The minimum Gasteiger partial charge on any atom is -0.133 e. The van der Waals surface area contributed by atoms with Gasteiger partial charge in [0.05, 0.1) is 0 Å². The van der Waals surface area contributed by atoms with Crippen molar-refractivity contribution < 1.29 is 0 Å². The van der Waals surface area contributed by atoms with Crippen LogP contribution in [0.25, 0.3) is 22.3 Å². The molecule has 26 heavy (non-hydrogen) atoms. The van der Waals surface area contributed by atoms with Gasteiger partial charge in [-0.1, -0.05) is 67.2 Å². The zero-order chi connectivity index (χ0) is 17.8. The Morgan fingerprint density at radius 2 is 1.42 bits per heavy atom. The van der Waals surface area contributed by atoms with Crippen LogP contribution in [-0.2, 0) is 19.3 Å². The number of benzene rings is 3. The van der Waals surface area contributed by atoms with E-state index in [2.05, 4.69) is 79.0 Å². The highest BCUT2D eigenvalue weighted by molar-refractivity contribution is 5.81. The van der Waals surface area contributed by atoms with Crippen molar-refractivity contribution in [3.05, 3.63) is 102 Å². The van der Waals surface area contributed by atoms with Crippen molar-refractivity contribution in [3.8, 4) is 22.3 Å². The Hall–Kier alpha value is -2.82. The van der Waals surface area contributed by atoms with Gasteiger partial charge in [-0.15, -0.1) is 5.73 Å². The second-order valence-electron chi connectivity index (χ2n) is 6.97. The summed E-state index contributed by atoms with van der Waals surface area (Å²) < 4.78 is 0. The Bertz CT molecular complexity index is 942. The molecule has 0 saturated heterocycles. The molecule has 1 aliphatic carbocycles. The quantitative estimate of drug-likeness (QED) is 0.460. The Balaban J connectivity index is 2.00. The number of hydrogen-bond acceptors (Lipinski definition) is 0. The summed E-state index contributed by atoms with van der Waals surface area (Å²) in [7, 11) is 0. The third-order valence-electron chi connectivity index (χ3n) is 5.35. The van der Waals surface area contributed by atoms with Gasteiger partial charge in [0.2, 0.25) is 0 Å². The van der Waals surface area contributed by atoms with Crippen LogP contribution in [-0.4, -0.2) is 0 Å². The molecule has 1 aliphatic rings. The van der Waals surface area contributed by atoms with Gasteiger partial charge in [-0.25, -0.2) is 0 Å². The van der Waals surface area contributed by atoms with Gasteiger partial charge in [0, 0.05) is 0 Å². The van der Waals surface area contributed by atoms with Crippen LogP contribution in [0.3, 0.4) is 0 Å². The molecule has 0 spiro atoms. The summed E-state index contributed by atoms with van der Waals surface area (Å²) in [6, 6.07) is 24.1. The van der Waals surface area contributed by atoms with E-state index in [9.17, 15) is 0 Å². The van der Waals surface area contributed by atoms with Gasteiger partial charge in [0.15, 0.2) is 0 Å². The summed E-state index contributed by atoms with van der Waals surface area (Å²) in [5.41, 5.74) is 12.9. The molecular formula is C26H24. The smallest absolute Gasteiger partial charge is 0.00150 e. The van der Waals surface area contributed by atoms with E-state index < -0.39 is 0 Å². The van der Waals surface area contributed by atoms with E-state index in [-0.39, 0.29) is 0 Å². The van der Waals surface area contributed by atoms with E-state index in [4.69, 9.17) is 0 Å². The summed E-state index contributed by atoms with van der Waals surface area (Å²) in [4.78, 5) is 0. The molecule has 0 bridgehead atoms. The zero-order valence-electron chi connectivity index (χ0n) is 15.2. The van der Waals surface area contributed by atoms with E-state index in [0.717, 1.165) is 6.42 Å². The highest BCUT2D eigenvalue weighted by atomic mass is 14.3. The fourth-order valence-electron chi connectivity index (χ4n) is 4.19. The molecule has 0 heterocycles. The van der Waals surface area contributed by atoms with Crippen LogP contribution in [0, 0.1) is 0 Å². The van der Waals surface area contributed by atoms with Crippen molar-refractivity contribution >= 4 is 0 Å². The SMILES string of the molecule is C=C=CCc1cc(-c2ccccc2)c2c(c1-c1ccccc1)CCCC2. The van der Waals surface area contributed by atoms with Crippen molar-refractivity contribution in [2.45, 2.75) is 32.1 Å². The van der Waals surface area contributed by atoms with Crippen LogP contribution in [0.4, 0.5) is 0 Å². The molecule has 0 saturated carbocycles. The molecule has 0 aromatic heterocycles. The van der Waals surface area contributed by atoms with Gasteiger partial charge in [0.1, 0.15) is 0 Å². The lowest BCUT2D eigenvalue weighted by molar-refractivity contribution is 0.687. The van der Waals surface area contributed by atoms with Gasteiger partial charge >= 0.3 is 0 Å². The number of hydrogen-bond donors (Lipinski definition) is 0. The van der Waals surface area contributed by atoms with Crippen LogP contribution in [0.1, 0.15) is 29.5 Å². The van der Waals surface area contributed by atoms with Crippen molar-refractivity contribution in [1.82, 2.24) is 0 Å². The molecule has 0 N–H and O–H groups in total. The molecule has 0 radical (unpaired) electrons. The minimum atomic E-state index is 0.876. The van der Waals surface area contributed by atoms with Gasteiger partial charge in [-0.05, 0) is 83.2 Å². The second kappa shape index (κ2) is 7.60. The normalized spacial score (nSPS) is 12.9. The summed E-state index contributed by atoms with van der Waals surface area (Å²) in [5, 5.41) is 0. The molecule has 128 valence electrons. The lowest BCUT2D eigenvalue weighted by Gasteiger charge is -2.26. The number of allylic oxidation sites excluding steroid dienone is 1. The number of fused-ring (bicyclic) bond motifs is 1. The van der Waals surface area contributed by atoms with Crippen molar-refractivity contribution in [2.24, 2.45) is 0 Å². The van der Waals surface area contributed by atoms with Crippen molar-refractivity contribution in [3.63, 3.8) is 0 Å². The molecule has 0 amide bonds. The molecular weight excluding hydrogens is 312 g/mol. The topological polar surface area (TPSA) is 0 Å². The molecule has 3 aromatic rings. The predicted molar refractivity (Wildman–Crippen MR) is 111 cm³/mol. The molecule has 0 nitrogen and oxygen atoms in total. The van der Waals surface area contributed by atoms with Gasteiger partial charge in [0.25, 0.3) is 0 Å². The maximum atomic E-state index is 3.77. The lowest BCUT2D eigenvalue weighted by atomic mass is 9.78. The van der Waals surface area contributed by atoms with E-state index in [1.807, 2.05) is 6.08 Å². The van der Waals surface area contributed by atoms with Crippen LogP contribution in [0.2, 0.25) is 0 Å². The first-order valence-electron chi connectivity index (χ1n) is 9.51. The largest absolute Gasteiger partial charge is 0.133 e. The Kier molecular flexibility index (Phi) is 4.86.